The predicted octanol–water partition coefficient (Wildman–Crippen LogP) is 4.54. The predicted molar refractivity (Wildman–Crippen MR) is 122 cm³/mol. The van der Waals surface area contributed by atoms with Crippen molar-refractivity contribution in [2.45, 2.75) is 26.8 Å². The fourth-order valence-electron chi connectivity index (χ4n) is 3.19. The van der Waals surface area contributed by atoms with E-state index in [2.05, 4.69) is 22.9 Å². The largest absolute Gasteiger partial charge is 0.376 e. The van der Waals surface area contributed by atoms with Gasteiger partial charge in [-0.15, -0.1) is 0 Å². The van der Waals surface area contributed by atoms with Crippen molar-refractivity contribution in [3.05, 3.63) is 95.1 Å². The summed E-state index contributed by atoms with van der Waals surface area (Å²) < 4.78 is 0. The molecular weight excluding hydrogens is 374 g/mol. The summed E-state index contributed by atoms with van der Waals surface area (Å²) in [6.07, 6.45) is 0.860. The Morgan fingerprint density at radius 2 is 1.60 bits per heavy atom. The first-order valence-electron chi connectivity index (χ1n) is 10.1. The lowest BCUT2D eigenvalue weighted by atomic mass is 10.1. The monoisotopic (exact) mass is 401 g/mol. The second-order valence-electron chi connectivity index (χ2n) is 7.11. The highest BCUT2D eigenvalue weighted by molar-refractivity contribution is 5.96. The van der Waals surface area contributed by atoms with Gasteiger partial charge in [0.1, 0.15) is 0 Å². The molecular formula is C25H27N3O2. The smallest absolute Gasteiger partial charge is 0.251 e. The van der Waals surface area contributed by atoms with Gasteiger partial charge in [-0.3, -0.25) is 9.59 Å². The normalized spacial score (nSPS) is 10.3. The van der Waals surface area contributed by atoms with Crippen LogP contribution in [0.4, 0.5) is 11.4 Å². The molecule has 0 bridgehead atoms. The topological polar surface area (TPSA) is 70.2 Å². The number of rotatable bonds is 8. The molecule has 3 rings (SSSR count). The van der Waals surface area contributed by atoms with Crippen molar-refractivity contribution in [2.75, 3.05) is 17.2 Å². The third-order valence-electron chi connectivity index (χ3n) is 4.90. The van der Waals surface area contributed by atoms with Crippen molar-refractivity contribution in [1.82, 2.24) is 5.32 Å². The highest BCUT2D eigenvalue weighted by Gasteiger charge is 2.09. The molecule has 5 nitrogen and oxygen atoms in total. The number of carbonyl (C=O) groups is 2. The Labute approximate surface area is 177 Å². The van der Waals surface area contributed by atoms with Gasteiger partial charge in [0, 0.05) is 23.5 Å². The zero-order valence-electron chi connectivity index (χ0n) is 17.4. The van der Waals surface area contributed by atoms with Gasteiger partial charge in [0.2, 0.25) is 5.91 Å². The van der Waals surface area contributed by atoms with Crippen LogP contribution in [0, 0.1) is 6.92 Å². The number of hydrogen-bond donors (Lipinski definition) is 3. The maximum Gasteiger partial charge on any atom is 0.251 e. The Morgan fingerprint density at radius 1 is 0.867 bits per heavy atom. The summed E-state index contributed by atoms with van der Waals surface area (Å²) in [7, 11) is 0. The van der Waals surface area contributed by atoms with E-state index >= 15 is 0 Å². The van der Waals surface area contributed by atoms with Crippen LogP contribution >= 0.6 is 0 Å². The van der Waals surface area contributed by atoms with Crippen LogP contribution in [0.25, 0.3) is 0 Å². The van der Waals surface area contributed by atoms with Gasteiger partial charge in [-0.2, -0.15) is 0 Å². The zero-order chi connectivity index (χ0) is 21.3. The van der Waals surface area contributed by atoms with E-state index in [1.807, 2.05) is 55.5 Å². The molecule has 30 heavy (non-hydrogen) atoms. The molecule has 0 heterocycles. The summed E-state index contributed by atoms with van der Waals surface area (Å²) in [6.45, 7) is 4.69. The minimum atomic E-state index is -0.130. The standard InChI is InChI=1S/C25H27N3O2/c1-3-20-11-7-8-18(2)24(20)28-23(29)17-26-22-14-12-21(13-15-22)25(30)27-16-19-9-5-4-6-10-19/h4-15,26H,3,16-17H2,1-2H3,(H,27,30)(H,28,29). The van der Waals surface area contributed by atoms with Crippen LogP contribution in [0.5, 0.6) is 0 Å². The molecule has 2 amide bonds. The fourth-order valence-corrected chi connectivity index (χ4v) is 3.19. The van der Waals surface area contributed by atoms with Crippen molar-refractivity contribution in [1.29, 1.82) is 0 Å². The first kappa shape index (κ1) is 21.1. The number of nitrogens with one attached hydrogen (secondary N) is 3. The zero-order valence-corrected chi connectivity index (χ0v) is 17.4. The number of benzene rings is 3. The van der Waals surface area contributed by atoms with E-state index < -0.39 is 0 Å². The first-order valence-corrected chi connectivity index (χ1v) is 10.1. The minimum absolute atomic E-state index is 0.108. The lowest BCUT2D eigenvalue weighted by molar-refractivity contribution is -0.114. The Bertz CT molecular complexity index is 999. The molecule has 3 N–H and O–H groups in total. The third-order valence-corrected chi connectivity index (χ3v) is 4.90. The number of carbonyl (C=O) groups excluding carboxylic acids is 2. The van der Waals surface area contributed by atoms with E-state index in [0.29, 0.717) is 12.1 Å². The Balaban J connectivity index is 1.51. The lowest BCUT2D eigenvalue weighted by Gasteiger charge is -2.14. The van der Waals surface area contributed by atoms with Crippen molar-refractivity contribution in [3.63, 3.8) is 0 Å². The molecule has 0 aliphatic rings. The van der Waals surface area contributed by atoms with Crippen LogP contribution in [0.2, 0.25) is 0 Å². The molecule has 0 saturated carbocycles. The third kappa shape index (κ3) is 5.70. The first-order chi connectivity index (χ1) is 14.6. The number of para-hydroxylation sites is 1. The molecule has 3 aromatic rings. The van der Waals surface area contributed by atoms with Crippen LogP contribution in [0.15, 0.2) is 72.8 Å². The Kier molecular flexibility index (Phi) is 7.22. The van der Waals surface area contributed by atoms with Gasteiger partial charge in [-0.1, -0.05) is 55.5 Å². The molecule has 0 unspecified atom stereocenters. The second kappa shape index (κ2) is 10.3. The van der Waals surface area contributed by atoms with Gasteiger partial charge in [-0.05, 0) is 54.3 Å². The van der Waals surface area contributed by atoms with Gasteiger partial charge >= 0.3 is 0 Å². The Hall–Kier alpha value is -3.60. The molecule has 0 spiro atoms. The molecule has 0 saturated heterocycles. The summed E-state index contributed by atoms with van der Waals surface area (Å²) in [5, 5.41) is 9.00. The summed E-state index contributed by atoms with van der Waals surface area (Å²) in [5.74, 6) is -0.238. The molecule has 3 aromatic carbocycles. The number of aryl methyl sites for hydroxylation is 2. The van der Waals surface area contributed by atoms with Crippen LogP contribution in [0.1, 0.15) is 34.0 Å². The number of anilines is 2. The average molecular weight is 402 g/mol. The summed E-state index contributed by atoms with van der Waals surface area (Å²) in [4.78, 5) is 24.7. The average Bonchev–Trinajstić information content (AvgIpc) is 2.78. The van der Waals surface area contributed by atoms with E-state index in [9.17, 15) is 9.59 Å². The SMILES string of the molecule is CCc1cccc(C)c1NC(=O)CNc1ccc(C(=O)NCc2ccccc2)cc1. The highest BCUT2D eigenvalue weighted by Crippen LogP contribution is 2.21. The van der Waals surface area contributed by atoms with E-state index in [-0.39, 0.29) is 18.4 Å². The Morgan fingerprint density at radius 3 is 2.30 bits per heavy atom. The van der Waals surface area contributed by atoms with Crippen LogP contribution in [0.3, 0.4) is 0 Å². The van der Waals surface area contributed by atoms with Gasteiger partial charge < -0.3 is 16.0 Å². The van der Waals surface area contributed by atoms with Crippen molar-refractivity contribution in [3.8, 4) is 0 Å². The maximum atomic E-state index is 12.4. The number of amides is 2. The van der Waals surface area contributed by atoms with Crippen LogP contribution < -0.4 is 16.0 Å². The molecule has 0 fully saturated rings. The molecule has 0 atom stereocenters. The minimum Gasteiger partial charge on any atom is -0.376 e. The highest BCUT2D eigenvalue weighted by atomic mass is 16.2. The van der Waals surface area contributed by atoms with Gasteiger partial charge in [0.25, 0.3) is 5.91 Å². The van der Waals surface area contributed by atoms with E-state index in [1.54, 1.807) is 24.3 Å². The lowest BCUT2D eigenvalue weighted by Crippen LogP contribution is -2.23. The maximum absolute atomic E-state index is 12.4. The molecule has 154 valence electrons. The molecule has 5 heteroatoms. The molecule has 0 aliphatic heterocycles. The quantitative estimate of drug-likeness (QED) is 0.519. The van der Waals surface area contributed by atoms with Crippen molar-refractivity contribution >= 4 is 23.2 Å². The second-order valence-corrected chi connectivity index (χ2v) is 7.11. The summed E-state index contributed by atoms with van der Waals surface area (Å²) in [6, 6.07) is 22.9. The van der Waals surface area contributed by atoms with Gasteiger partial charge in [0.15, 0.2) is 0 Å². The van der Waals surface area contributed by atoms with Crippen molar-refractivity contribution < 1.29 is 9.59 Å². The summed E-state index contributed by atoms with van der Waals surface area (Å²) in [5.41, 5.74) is 5.47. The van der Waals surface area contributed by atoms with Crippen molar-refractivity contribution in [2.24, 2.45) is 0 Å². The van der Waals surface area contributed by atoms with E-state index in [4.69, 9.17) is 0 Å². The van der Waals surface area contributed by atoms with Crippen LogP contribution in [-0.2, 0) is 17.8 Å². The fraction of sp³-hybridized carbons (Fsp3) is 0.200. The summed E-state index contributed by atoms with van der Waals surface area (Å²) >= 11 is 0. The van der Waals surface area contributed by atoms with Crippen LogP contribution in [-0.4, -0.2) is 18.4 Å². The van der Waals surface area contributed by atoms with E-state index in [0.717, 1.165) is 34.5 Å². The van der Waals surface area contributed by atoms with E-state index in [1.165, 1.54) is 0 Å². The molecule has 0 aromatic heterocycles. The molecule has 0 radical (unpaired) electrons. The molecule has 0 aliphatic carbocycles. The van der Waals surface area contributed by atoms with Gasteiger partial charge in [-0.25, -0.2) is 0 Å². The number of hydrogen-bond acceptors (Lipinski definition) is 3. The van der Waals surface area contributed by atoms with Gasteiger partial charge in [0.05, 0.1) is 6.54 Å².